The van der Waals surface area contributed by atoms with Gasteiger partial charge < -0.3 is 9.47 Å². The highest BCUT2D eigenvalue weighted by Crippen LogP contribution is 2.43. The van der Waals surface area contributed by atoms with Gasteiger partial charge in [0.2, 0.25) is 0 Å². The lowest BCUT2D eigenvalue weighted by molar-refractivity contribution is -0.148. The van der Waals surface area contributed by atoms with Crippen molar-refractivity contribution in [1.29, 1.82) is 0 Å². The molecule has 0 amide bonds. The first-order valence-corrected chi connectivity index (χ1v) is 8.81. The summed E-state index contributed by atoms with van der Waals surface area (Å²) >= 11 is 0. The molecular formula is C21H26O3. The third-order valence-electron chi connectivity index (χ3n) is 5.44. The molecule has 0 aromatic heterocycles. The van der Waals surface area contributed by atoms with Crippen molar-refractivity contribution in [3.05, 3.63) is 53.1 Å². The summed E-state index contributed by atoms with van der Waals surface area (Å²) in [5, 5.41) is 0. The zero-order chi connectivity index (χ0) is 17.0. The molecule has 0 heterocycles. The van der Waals surface area contributed by atoms with Crippen LogP contribution in [0.5, 0.6) is 5.75 Å². The molecule has 0 spiro atoms. The number of esters is 1. The Morgan fingerprint density at radius 3 is 2.29 bits per heavy atom. The summed E-state index contributed by atoms with van der Waals surface area (Å²) in [5.41, 5.74) is 3.37. The number of allylic oxidation sites excluding steroid dienone is 4. The molecule has 0 aliphatic heterocycles. The number of ether oxygens (including phenoxy) is 2. The molecule has 1 aromatic rings. The molecule has 1 unspecified atom stereocenters. The van der Waals surface area contributed by atoms with Gasteiger partial charge in [-0.25, -0.2) is 0 Å². The fraction of sp³-hybridized carbons (Fsp3) is 0.476. The molecule has 2 aliphatic carbocycles. The van der Waals surface area contributed by atoms with Gasteiger partial charge in [-0.1, -0.05) is 24.3 Å². The number of carbonyl (C=O) groups is 1. The Morgan fingerprint density at radius 2 is 1.75 bits per heavy atom. The van der Waals surface area contributed by atoms with Gasteiger partial charge in [0.15, 0.2) is 0 Å². The van der Waals surface area contributed by atoms with Crippen LogP contribution in [0.2, 0.25) is 0 Å². The zero-order valence-corrected chi connectivity index (χ0v) is 14.6. The number of hydrogen-bond acceptors (Lipinski definition) is 3. The summed E-state index contributed by atoms with van der Waals surface area (Å²) in [4.78, 5) is 12.6. The second-order valence-corrected chi connectivity index (χ2v) is 6.71. The van der Waals surface area contributed by atoms with Gasteiger partial charge in [0.1, 0.15) is 5.75 Å². The van der Waals surface area contributed by atoms with E-state index in [4.69, 9.17) is 9.47 Å². The Balaban J connectivity index is 1.89. The molecule has 0 N–H and O–H groups in total. The summed E-state index contributed by atoms with van der Waals surface area (Å²) in [5.74, 6) is 0.666. The van der Waals surface area contributed by atoms with Crippen LogP contribution in [0.1, 0.15) is 50.5 Å². The van der Waals surface area contributed by atoms with Crippen molar-refractivity contribution in [2.45, 2.75) is 50.4 Å². The van der Waals surface area contributed by atoms with E-state index in [0.717, 1.165) is 24.2 Å². The SMILES string of the molecule is COC(=O)C1(c2ccc(OC)cc2)CC=C(C2=CCCCC2)CC1. The topological polar surface area (TPSA) is 35.5 Å². The van der Waals surface area contributed by atoms with Crippen molar-refractivity contribution in [3.8, 4) is 5.75 Å². The van der Waals surface area contributed by atoms with Gasteiger partial charge in [0.05, 0.1) is 19.6 Å². The van der Waals surface area contributed by atoms with E-state index in [1.54, 1.807) is 7.11 Å². The van der Waals surface area contributed by atoms with Gasteiger partial charge in [-0.05, 0) is 73.8 Å². The lowest BCUT2D eigenvalue weighted by atomic mass is 9.69. The molecular weight excluding hydrogens is 300 g/mol. The number of carbonyl (C=O) groups excluding carboxylic acids is 1. The largest absolute Gasteiger partial charge is 0.497 e. The Labute approximate surface area is 144 Å². The van der Waals surface area contributed by atoms with Gasteiger partial charge in [0, 0.05) is 0 Å². The normalized spacial score (nSPS) is 23.9. The van der Waals surface area contributed by atoms with Crippen LogP contribution in [0.15, 0.2) is 47.6 Å². The van der Waals surface area contributed by atoms with Crippen LogP contribution in [0, 0.1) is 0 Å². The van der Waals surface area contributed by atoms with Crippen molar-refractivity contribution < 1.29 is 14.3 Å². The van der Waals surface area contributed by atoms with Crippen LogP contribution >= 0.6 is 0 Å². The lowest BCUT2D eigenvalue weighted by Gasteiger charge is -2.35. The van der Waals surface area contributed by atoms with Crippen molar-refractivity contribution in [2.24, 2.45) is 0 Å². The van der Waals surface area contributed by atoms with E-state index in [2.05, 4.69) is 12.2 Å². The first-order chi connectivity index (χ1) is 11.7. The Hall–Kier alpha value is -2.03. The molecule has 0 fully saturated rings. The van der Waals surface area contributed by atoms with Crippen molar-refractivity contribution >= 4 is 5.97 Å². The number of rotatable bonds is 4. The van der Waals surface area contributed by atoms with Gasteiger partial charge >= 0.3 is 5.97 Å². The Morgan fingerprint density at radius 1 is 1.00 bits per heavy atom. The van der Waals surface area contributed by atoms with Crippen LogP contribution in [-0.2, 0) is 14.9 Å². The minimum absolute atomic E-state index is 0.138. The summed E-state index contributed by atoms with van der Waals surface area (Å²) < 4.78 is 10.4. The minimum atomic E-state index is -0.570. The molecule has 24 heavy (non-hydrogen) atoms. The molecule has 1 aromatic carbocycles. The van der Waals surface area contributed by atoms with Gasteiger partial charge in [0.25, 0.3) is 0 Å². The average Bonchev–Trinajstić information content (AvgIpc) is 2.68. The molecule has 0 bridgehead atoms. The summed E-state index contributed by atoms with van der Waals surface area (Å²) in [6.07, 6.45) is 12.0. The van der Waals surface area contributed by atoms with Crippen LogP contribution < -0.4 is 4.74 Å². The second-order valence-electron chi connectivity index (χ2n) is 6.71. The highest BCUT2D eigenvalue weighted by atomic mass is 16.5. The van der Waals surface area contributed by atoms with Crippen LogP contribution in [0.25, 0.3) is 0 Å². The van der Waals surface area contributed by atoms with Crippen LogP contribution in [0.3, 0.4) is 0 Å². The third-order valence-corrected chi connectivity index (χ3v) is 5.44. The predicted molar refractivity (Wildman–Crippen MR) is 95.2 cm³/mol. The highest BCUT2D eigenvalue weighted by Gasteiger charge is 2.42. The average molecular weight is 326 g/mol. The zero-order valence-electron chi connectivity index (χ0n) is 14.6. The molecule has 3 heteroatoms. The van der Waals surface area contributed by atoms with E-state index in [1.807, 2.05) is 24.3 Å². The molecule has 2 aliphatic rings. The van der Waals surface area contributed by atoms with Gasteiger partial charge in [-0.15, -0.1) is 0 Å². The lowest BCUT2D eigenvalue weighted by Crippen LogP contribution is -2.38. The predicted octanol–water partition coefficient (Wildman–Crippen LogP) is 4.72. The molecule has 128 valence electrons. The van der Waals surface area contributed by atoms with Gasteiger partial charge in [-0.2, -0.15) is 0 Å². The summed E-state index contributed by atoms with van der Waals surface area (Å²) in [7, 11) is 3.13. The number of hydrogen-bond donors (Lipinski definition) is 0. The second kappa shape index (κ2) is 7.25. The number of benzene rings is 1. The van der Waals surface area contributed by atoms with Crippen molar-refractivity contribution in [2.75, 3.05) is 14.2 Å². The molecule has 3 rings (SSSR count). The number of methoxy groups -OCH3 is 2. The minimum Gasteiger partial charge on any atom is -0.497 e. The van der Waals surface area contributed by atoms with Crippen LogP contribution in [-0.4, -0.2) is 20.2 Å². The van der Waals surface area contributed by atoms with E-state index in [-0.39, 0.29) is 5.97 Å². The first kappa shape index (κ1) is 16.8. The summed E-state index contributed by atoms with van der Waals surface area (Å²) in [6, 6.07) is 7.83. The maximum atomic E-state index is 12.6. The van der Waals surface area contributed by atoms with Crippen LogP contribution in [0.4, 0.5) is 0 Å². The summed E-state index contributed by atoms with van der Waals surface area (Å²) in [6.45, 7) is 0. The Bertz CT molecular complexity index is 654. The Kier molecular flexibility index (Phi) is 5.08. The fourth-order valence-corrected chi connectivity index (χ4v) is 3.94. The van der Waals surface area contributed by atoms with Gasteiger partial charge in [-0.3, -0.25) is 4.79 Å². The van der Waals surface area contributed by atoms with E-state index in [9.17, 15) is 4.79 Å². The molecule has 3 nitrogen and oxygen atoms in total. The standard InChI is InChI=1S/C21H26O3/c1-23-19-10-8-18(9-11-19)21(20(22)24-2)14-12-17(13-15-21)16-6-4-3-5-7-16/h6,8-12H,3-5,7,13-15H2,1-2H3. The third kappa shape index (κ3) is 3.12. The van der Waals surface area contributed by atoms with E-state index in [1.165, 1.54) is 43.9 Å². The van der Waals surface area contributed by atoms with E-state index >= 15 is 0 Å². The van der Waals surface area contributed by atoms with Crippen molar-refractivity contribution in [1.82, 2.24) is 0 Å². The maximum Gasteiger partial charge on any atom is 0.316 e. The fourth-order valence-electron chi connectivity index (χ4n) is 3.94. The highest BCUT2D eigenvalue weighted by molar-refractivity contribution is 5.84. The first-order valence-electron chi connectivity index (χ1n) is 8.81. The van der Waals surface area contributed by atoms with E-state index < -0.39 is 5.41 Å². The maximum absolute atomic E-state index is 12.6. The monoisotopic (exact) mass is 326 g/mol. The van der Waals surface area contributed by atoms with E-state index in [0.29, 0.717) is 6.42 Å². The van der Waals surface area contributed by atoms with Crippen molar-refractivity contribution in [3.63, 3.8) is 0 Å². The molecule has 0 saturated heterocycles. The smallest absolute Gasteiger partial charge is 0.316 e. The molecule has 1 atom stereocenters. The quantitative estimate of drug-likeness (QED) is 0.751. The molecule has 0 saturated carbocycles. The molecule has 0 radical (unpaired) electrons.